The molecule has 21 heavy (non-hydrogen) atoms. The van der Waals surface area contributed by atoms with E-state index in [1.54, 1.807) is 6.07 Å². The molecule has 0 aliphatic heterocycles. The van der Waals surface area contributed by atoms with Crippen LogP contribution in [0.3, 0.4) is 0 Å². The standard InChI is InChI=1S/C16H22Cl2N2O/c17-12-5-4-11(8-13(12)18)14(19)9-16(10-15(20)21)6-2-1-3-7-16/h4-5,8,14H,1-3,6-7,9-10,19H2,(H2,20,21). The van der Waals surface area contributed by atoms with Crippen LogP contribution in [0.1, 0.15) is 56.6 Å². The van der Waals surface area contributed by atoms with E-state index in [9.17, 15) is 4.79 Å². The van der Waals surface area contributed by atoms with Crippen molar-refractivity contribution in [3.05, 3.63) is 33.8 Å². The van der Waals surface area contributed by atoms with Gasteiger partial charge in [-0.25, -0.2) is 0 Å². The van der Waals surface area contributed by atoms with Crippen molar-refractivity contribution < 1.29 is 4.79 Å². The first-order valence-electron chi connectivity index (χ1n) is 7.41. The molecule has 1 aromatic carbocycles. The van der Waals surface area contributed by atoms with E-state index in [1.807, 2.05) is 12.1 Å². The Morgan fingerprint density at radius 1 is 1.19 bits per heavy atom. The summed E-state index contributed by atoms with van der Waals surface area (Å²) < 4.78 is 0. The first-order valence-corrected chi connectivity index (χ1v) is 8.16. The van der Waals surface area contributed by atoms with Crippen molar-refractivity contribution in [1.29, 1.82) is 0 Å². The van der Waals surface area contributed by atoms with Crippen LogP contribution < -0.4 is 11.5 Å². The van der Waals surface area contributed by atoms with Gasteiger partial charge < -0.3 is 11.5 Å². The Hall–Kier alpha value is -0.770. The van der Waals surface area contributed by atoms with E-state index in [2.05, 4.69) is 0 Å². The molecule has 4 N–H and O–H groups in total. The maximum atomic E-state index is 11.4. The fourth-order valence-corrected chi connectivity index (χ4v) is 3.76. The van der Waals surface area contributed by atoms with Crippen LogP contribution in [0.4, 0.5) is 0 Å². The highest BCUT2D eigenvalue weighted by atomic mass is 35.5. The average molecular weight is 329 g/mol. The van der Waals surface area contributed by atoms with Crippen LogP contribution >= 0.6 is 23.2 Å². The van der Waals surface area contributed by atoms with Crippen molar-refractivity contribution in [3.8, 4) is 0 Å². The van der Waals surface area contributed by atoms with Crippen molar-refractivity contribution in [3.63, 3.8) is 0 Å². The summed E-state index contributed by atoms with van der Waals surface area (Å²) in [6.07, 6.45) is 6.72. The second-order valence-corrected chi connectivity index (χ2v) is 7.00. The molecule has 2 rings (SSSR count). The highest BCUT2D eigenvalue weighted by Gasteiger charge is 2.35. The van der Waals surface area contributed by atoms with Gasteiger partial charge in [-0.15, -0.1) is 0 Å². The zero-order valence-corrected chi connectivity index (χ0v) is 13.6. The summed E-state index contributed by atoms with van der Waals surface area (Å²) in [5.74, 6) is -0.238. The summed E-state index contributed by atoms with van der Waals surface area (Å²) in [6, 6.07) is 5.33. The van der Waals surface area contributed by atoms with Gasteiger partial charge in [0.15, 0.2) is 0 Å². The SMILES string of the molecule is NC(=O)CC1(CC(N)c2ccc(Cl)c(Cl)c2)CCCCC1. The Balaban J connectivity index is 2.15. The van der Waals surface area contributed by atoms with Crippen LogP contribution in [0.15, 0.2) is 18.2 Å². The summed E-state index contributed by atoms with van der Waals surface area (Å²) in [5, 5.41) is 1.04. The number of primary amides is 1. The predicted molar refractivity (Wildman–Crippen MR) is 87.3 cm³/mol. The lowest BCUT2D eigenvalue weighted by Gasteiger charge is -2.38. The third kappa shape index (κ3) is 4.35. The number of benzene rings is 1. The molecule has 1 fully saturated rings. The van der Waals surface area contributed by atoms with Gasteiger partial charge in [-0.3, -0.25) is 4.79 Å². The quantitative estimate of drug-likeness (QED) is 0.849. The molecule has 0 bridgehead atoms. The lowest BCUT2D eigenvalue weighted by molar-refractivity contribution is -0.121. The highest BCUT2D eigenvalue weighted by Crippen LogP contribution is 2.45. The average Bonchev–Trinajstić information content (AvgIpc) is 2.41. The van der Waals surface area contributed by atoms with Gasteiger partial charge in [-0.2, -0.15) is 0 Å². The largest absolute Gasteiger partial charge is 0.370 e. The van der Waals surface area contributed by atoms with Gasteiger partial charge in [0.25, 0.3) is 0 Å². The maximum Gasteiger partial charge on any atom is 0.217 e. The Morgan fingerprint density at radius 3 is 2.43 bits per heavy atom. The number of amides is 1. The van der Waals surface area contributed by atoms with Gasteiger partial charge in [-0.1, -0.05) is 48.5 Å². The molecule has 1 aliphatic carbocycles. The monoisotopic (exact) mass is 328 g/mol. The third-order valence-electron chi connectivity index (χ3n) is 4.49. The summed E-state index contributed by atoms with van der Waals surface area (Å²) in [6.45, 7) is 0. The molecule has 0 aromatic heterocycles. The molecule has 1 unspecified atom stereocenters. The first-order chi connectivity index (χ1) is 9.92. The number of nitrogens with two attached hydrogens (primary N) is 2. The van der Waals surface area contributed by atoms with Crippen LogP contribution in [-0.4, -0.2) is 5.91 Å². The van der Waals surface area contributed by atoms with Gasteiger partial charge >= 0.3 is 0 Å². The highest BCUT2D eigenvalue weighted by molar-refractivity contribution is 6.42. The third-order valence-corrected chi connectivity index (χ3v) is 5.23. The molecule has 3 nitrogen and oxygen atoms in total. The normalized spacial score (nSPS) is 19.2. The molecule has 1 aromatic rings. The van der Waals surface area contributed by atoms with Gasteiger partial charge in [0.1, 0.15) is 0 Å². The van der Waals surface area contributed by atoms with Gasteiger partial charge in [0, 0.05) is 12.5 Å². The number of carbonyl (C=O) groups excluding carboxylic acids is 1. The Morgan fingerprint density at radius 2 is 1.86 bits per heavy atom. The van der Waals surface area contributed by atoms with Gasteiger partial charge in [-0.05, 0) is 42.4 Å². The van der Waals surface area contributed by atoms with Crippen LogP contribution in [-0.2, 0) is 4.79 Å². The summed E-state index contributed by atoms with van der Waals surface area (Å²) in [5.41, 5.74) is 12.7. The zero-order chi connectivity index (χ0) is 15.5. The summed E-state index contributed by atoms with van der Waals surface area (Å²) in [4.78, 5) is 11.4. The van der Waals surface area contributed by atoms with Gasteiger partial charge in [0.05, 0.1) is 10.0 Å². The fraction of sp³-hybridized carbons (Fsp3) is 0.562. The van der Waals surface area contributed by atoms with Crippen molar-refractivity contribution in [2.24, 2.45) is 16.9 Å². The molecule has 116 valence electrons. The fourth-order valence-electron chi connectivity index (χ4n) is 3.45. The Labute approximate surface area is 136 Å². The smallest absolute Gasteiger partial charge is 0.217 e. The van der Waals surface area contributed by atoms with E-state index >= 15 is 0 Å². The molecule has 0 radical (unpaired) electrons. The van der Waals surface area contributed by atoms with Crippen molar-refractivity contribution in [2.45, 2.75) is 51.0 Å². The lowest BCUT2D eigenvalue weighted by Crippen LogP contribution is -2.33. The van der Waals surface area contributed by atoms with Crippen LogP contribution in [0.25, 0.3) is 0 Å². The molecular formula is C16H22Cl2N2O. The molecule has 0 saturated heterocycles. The second kappa shape index (κ2) is 6.99. The van der Waals surface area contributed by atoms with E-state index in [-0.39, 0.29) is 17.4 Å². The Kier molecular flexibility index (Phi) is 5.53. The van der Waals surface area contributed by atoms with Crippen molar-refractivity contribution in [2.75, 3.05) is 0 Å². The van der Waals surface area contributed by atoms with Crippen molar-refractivity contribution in [1.82, 2.24) is 0 Å². The summed E-state index contributed by atoms with van der Waals surface area (Å²) >= 11 is 12.0. The van der Waals surface area contributed by atoms with E-state index in [0.29, 0.717) is 16.5 Å². The van der Waals surface area contributed by atoms with Gasteiger partial charge in [0.2, 0.25) is 5.91 Å². The molecule has 0 heterocycles. The van der Waals surface area contributed by atoms with Crippen molar-refractivity contribution >= 4 is 29.1 Å². The second-order valence-electron chi connectivity index (χ2n) is 6.19. The van der Waals surface area contributed by atoms with E-state index in [1.165, 1.54) is 6.42 Å². The molecular weight excluding hydrogens is 307 g/mol. The number of halogens is 2. The first kappa shape index (κ1) is 16.6. The number of hydrogen-bond acceptors (Lipinski definition) is 2. The van der Waals surface area contributed by atoms with Crippen LogP contribution in [0.5, 0.6) is 0 Å². The topological polar surface area (TPSA) is 69.1 Å². The summed E-state index contributed by atoms with van der Waals surface area (Å²) in [7, 11) is 0. The number of rotatable bonds is 5. The van der Waals surface area contributed by atoms with Crippen LogP contribution in [0, 0.1) is 5.41 Å². The van der Waals surface area contributed by atoms with E-state index < -0.39 is 0 Å². The number of carbonyl (C=O) groups is 1. The van der Waals surface area contributed by atoms with Crippen LogP contribution in [0.2, 0.25) is 10.0 Å². The predicted octanol–water partition coefficient (Wildman–Crippen LogP) is 4.21. The minimum atomic E-state index is -0.238. The molecule has 1 aliphatic rings. The van der Waals surface area contributed by atoms with E-state index in [0.717, 1.165) is 37.7 Å². The molecule has 1 saturated carbocycles. The molecule has 1 amide bonds. The molecule has 1 atom stereocenters. The zero-order valence-electron chi connectivity index (χ0n) is 12.1. The molecule has 5 heteroatoms. The van der Waals surface area contributed by atoms with E-state index in [4.69, 9.17) is 34.7 Å². The number of hydrogen-bond donors (Lipinski definition) is 2. The Bertz CT molecular complexity index is 513. The lowest BCUT2D eigenvalue weighted by atomic mass is 9.67. The molecule has 0 spiro atoms. The minimum Gasteiger partial charge on any atom is -0.370 e. The minimum absolute atomic E-state index is 0.0599. The maximum absolute atomic E-state index is 11.4.